The van der Waals surface area contributed by atoms with Gasteiger partial charge in [0.2, 0.25) is 11.8 Å². The number of amides is 1. The highest BCUT2D eigenvalue weighted by Gasteiger charge is 2.17. The van der Waals surface area contributed by atoms with Crippen molar-refractivity contribution in [3.8, 4) is 22.8 Å². The number of carbonyl (C=O) groups is 1. The van der Waals surface area contributed by atoms with Gasteiger partial charge in [0.25, 0.3) is 0 Å². The Labute approximate surface area is 269 Å². The van der Waals surface area contributed by atoms with Crippen LogP contribution in [-0.2, 0) is 4.79 Å². The molecule has 0 aliphatic heterocycles. The minimum absolute atomic E-state index is 0.0541. The van der Waals surface area contributed by atoms with Crippen LogP contribution in [0.4, 0.5) is 0 Å². The second kappa shape index (κ2) is 15.2. The molecule has 4 aromatic carbocycles. The predicted octanol–water partition coefficient (Wildman–Crippen LogP) is 8.75. The second-order valence-corrected chi connectivity index (χ2v) is 11.6. The molecular formula is C36H38Cl2N4O2. The van der Waals surface area contributed by atoms with E-state index < -0.39 is 0 Å². The fraction of sp³-hybridized carbons (Fsp3) is 0.278. The molecule has 1 N–H and O–H groups in total. The first-order valence-corrected chi connectivity index (χ1v) is 15.9. The summed E-state index contributed by atoms with van der Waals surface area (Å²) in [6, 6.07) is 31.6. The quantitative estimate of drug-likeness (QED) is 0.134. The van der Waals surface area contributed by atoms with Gasteiger partial charge in [0.05, 0.1) is 30.5 Å². The second-order valence-electron chi connectivity index (χ2n) is 10.8. The van der Waals surface area contributed by atoms with E-state index in [0.29, 0.717) is 21.6 Å². The van der Waals surface area contributed by atoms with E-state index in [1.54, 1.807) is 10.7 Å². The summed E-state index contributed by atoms with van der Waals surface area (Å²) < 4.78 is 7.99. The first kappa shape index (κ1) is 31.6. The van der Waals surface area contributed by atoms with Gasteiger partial charge in [-0.1, -0.05) is 97.7 Å². The van der Waals surface area contributed by atoms with Gasteiger partial charge in [-0.15, -0.1) is 0 Å². The van der Waals surface area contributed by atoms with Gasteiger partial charge in [-0.05, 0) is 79.1 Å². The van der Waals surface area contributed by atoms with Gasteiger partial charge in [0.15, 0.2) is 0 Å². The van der Waals surface area contributed by atoms with Gasteiger partial charge >= 0.3 is 0 Å². The Kier molecular flexibility index (Phi) is 10.9. The van der Waals surface area contributed by atoms with Crippen LogP contribution in [0.5, 0.6) is 5.88 Å². The number of hydrogen-bond acceptors (Lipinski definition) is 4. The van der Waals surface area contributed by atoms with Crippen LogP contribution in [0.15, 0.2) is 97.1 Å². The van der Waals surface area contributed by atoms with Crippen LogP contribution < -0.4 is 10.1 Å². The zero-order chi connectivity index (χ0) is 30.9. The van der Waals surface area contributed by atoms with Crippen LogP contribution in [0.3, 0.4) is 0 Å². The molecule has 0 fully saturated rings. The maximum absolute atomic E-state index is 13.2. The average molecular weight is 630 g/mol. The first-order chi connectivity index (χ1) is 21.4. The molecule has 5 rings (SSSR count). The lowest BCUT2D eigenvalue weighted by atomic mass is 10.0. The lowest BCUT2D eigenvalue weighted by molar-refractivity contribution is -0.122. The number of benzene rings is 4. The molecule has 0 saturated carbocycles. The lowest BCUT2D eigenvalue weighted by Crippen LogP contribution is -2.31. The summed E-state index contributed by atoms with van der Waals surface area (Å²) in [7, 11) is 0. The molecule has 8 heteroatoms. The van der Waals surface area contributed by atoms with Gasteiger partial charge < -0.3 is 15.0 Å². The summed E-state index contributed by atoms with van der Waals surface area (Å²) in [6.45, 7) is 7.62. The van der Waals surface area contributed by atoms with Crippen molar-refractivity contribution in [1.82, 2.24) is 20.0 Å². The molecule has 0 aliphatic rings. The number of nitrogens with zero attached hydrogens (tertiary/aromatic N) is 3. The van der Waals surface area contributed by atoms with E-state index in [2.05, 4.69) is 60.5 Å². The first-order valence-electron chi connectivity index (χ1n) is 15.2. The Morgan fingerprint density at radius 2 is 1.59 bits per heavy atom. The topological polar surface area (TPSA) is 59.4 Å². The third-order valence-electron chi connectivity index (χ3n) is 7.79. The third kappa shape index (κ3) is 8.20. The van der Waals surface area contributed by atoms with Crippen molar-refractivity contribution in [1.29, 1.82) is 0 Å². The number of halogens is 2. The normalized spacial score (nSPS) is 12.0. The van der Waals surface area contributed by atoms with E-state index in [1.807, 2.05) is 54.6 Å². The molecule has 0 bridgehead atoms. The van der Waals surface area contributed by atoms with Crippen molar-refractivity contribution < 1.29 is 9.53 Å². The fourth-order valence-electron chi connectivity index (χ4n) is 5.38. The molecule has 5 aromatic rings. The minimum Gasteiger partial charge on any atom is -0.477 e. The third-order valence-corrected chi connectivity index (χ3v) is 8.23. The van der Waals surface area contributed by atoms with Gasteiger partial charge in [-0.25, -0.2) is 4.68 Å². The van der Waals surface area contributed by atoms with Gasteiger partial charge in [-0.3, -0.25) is 4.79 Å². The van der Waals surface area contributed by atoms with E-state index in [4.69, 9.17) is 33.0 Å². The number of ether oxygens (including phenoxy) is 1. The summed E-state index contributed by atoms with van der Waals surface area (Å²) in [5.41, 5.74) is 3.40. The van der Waals surface area contributed by atoms with Crippen LogP contribution in [0.25, 0.3) is 27.7 Å². The SMILES string of the molecule is CCN(CC)CCC[C@@H](NC(=O)CCOc1cc(-c2cc(Cl)cc(Cl)c2)nn1-c1ccc2ccccc2c1)c1ccccc1. The van der Waals surface area contributed by atoms with E-state index in [-0.39, 0.29) is 25.0 Å². The Balaban J connectivity index is 1.31. The van der Waals surface area contributed by atoms with Gasteiger partial charge in [0.1, 0.15) is 0 Å². The Morgan fingerprint density at radius 3 is 2.32 bits per heavy atom. The summed E-state index contributed by atoms with van der Waals surface area (Å²) in [5, 5.41) is 11.4. The monoisotopic (exact) mass is 628 g/mol. The smallest absolute Gasteiger partial charge is 0.223 e. The summed E-state index contributed by atoms with van der Waals surface area (Å²) in [5.74, 6) is 0.471. The predicted molar refractivity (Wildman–Crippen MR) is 181 cm³/mol. The molecule has 1 amide bonds. The summed E-state index contributed by atoms with van der Waals surface area (Å²) in [6.07, 6.45) is 2.08. The molecule has 0 unspecified atom stereocenters. The number of rotatable bonds is 14. The number of carbonyl (C=O) groups excluding carboxylic acids is 1. The molecule has 1 heterocycles. The van der Waals surface area contributed by atoms with Crippen LogP contribution in [0, 0.1) is 0 Å². The zero-order valence-electron chi connectivity index (χ0n) is 25.2. The standard InChI is InChI=1S/C36H38Cl2N4O2/c1-3-41(4-2)19-10-15-33(27-12-6-5-7-13-27)39-35(43)18-20-44-36-25-34(29-21-30(37)24-31(38)22-29)40-42(36)32-17-16-26-11-8-9-14-28(26)23-32/h5-9,11-14,16-17,21-25,33H,3-4,10,15,18-20H2,1-2H3,(H,39,43)/t33-/m1/s1. The molecular weight excluding hydrogens is 591 g/mol. The van der Waals surface area contributed by atoms with Gasteiger partial charge in [-0.2, -0.15) is 5.10 Å². The molecule has 0 spiro atoms. The molecule has 228 valence electrons. The van der Waals surface area contributed by atoms with Crippen molar-refractivity contribution in [3.05, 3.63) is 113 Å². The van der Waals surface area contributed by atoms with Gasteiger partial charge in [0, 0.05) is 21.7 Å². The van der Waals surface area contributed by atoms with Crippen LogP contribution >= 0.6 is 23.2 Å². The van der Waals surface area contributed by atoms with E-state index in [9.17, 15) is 4.79 Å². The van der Waals surface area contributed by atoms with Crippen LogP contribution in [0.1, 0.15) is 44.7 Å². The maximum Gasteiger partial charge on any atom is 0.223 e. The number of aromatic nitrogens is 2. The molecule has 1 atom stereocenters. The molecule has 0 radical (unpaired) electrons. The molecule has 0 saturated heterocycles. The number of fused-ring (bicyclic) bond motifs is 1. The molecule has 6 nitrogen and oxygen atoms in total. The highest BCUT2D eigenvalue weighted by atomic mass is 35.5. The molecule has 0 aliphatic carbocycles. The average Bonchev–Trinajstić information content (AvgIpc) is 3.46. The van der Waals surface area contributed by atoms with Crippen molar-refractivity contribution >= 4 is 39.9 Å². The van der Waals surface area contributed by atoms with Crippen molar-refractivity contribution in [3.63, 3.8) is 0 Å². The zero-order valence-corrected chi connectivity index (χ0v) is 26.7. The Hall–Kier alpha value is -3.84. The summed E-state index contributed by atoms with van der Waals surface area (Å²) in [4.78, 5) is 15.6. The number of hydrogen-bond donors (Lipinski definition) is 1. The van der Waals surface area contributed by atoms with E-state index >= 15 is 0 Å². The van der Waals surface area contributed by atoms with Crippen LogP contribution in [-0.4, -0.2) is 46.8 Å². The van der Waals surface area contributed by atoms with Crippen molar-refractivity contribution in [2.75, 3.05) is 26.2 Å². The Bertz CT molecular complexity index is 1660. The molecule has 44 heavy (non-hydrogen) atoms. The number of nitrogens with one attached hydrogen (secondary N) is 1. The van der Waals surface area contributed by atoms with E-state index in [0.717, 1.165) is 60.1 Å². The Morgan fingerprint density at radius 1 is 0.886 bits per heavy atom. The highest BCUT2D eigenvalue weighted by Crippen LogP contribution is 2.31. The van der Waals surface area contributed by atoms with Crippen molar-refractivity contribution in [2.24, 2.45) is 0 Å². The maximum atomic E-state index is 13.2. The highest BCUT2D eigenvalue weighted by molar-refractivity contribution is 6.35. The van der Waals surface area contributed by atoms with E-state index in [1.165, 1.54) is 0 Å². The minimum atomic E-state index is -0.0553. The lowest BCUT2D eigenvalue weighted by Gasteiger charge is -2.22. The summed E-state index contributed by atoms with van der Waals surface area (Å²) >= 11 is 12.6. The molecule has 1 aromatic heterocycles. The fourth-order valence-corrected chi connectivity index (χ4v) is 5.91. The van der Waals surface area contributed by atoms with Crippen LogP contribution in [0.2, 0.25) is 10.0 Å². The van der Waals surface area contributed by atoms with Crippen molar-refractivity contribution in [2.45, 2.75) is 39.2 Å². The largest absolute Gasteiger partial charge is 0.477 e.